The first kappa shape index (κ1) is 16.4. The Kier molecular flexibility index (Phi) is 3.64. The molecule has 4 nitrogen and oxygen atoms in total. The standard InChI is InChI=1S/C18H12F4N4/c1-10-14(19)6-11(7-24-10)15-3-2-12-13-8-23-5-4-16(13)26(17(12)25-15)9-18(20,21)22/h2-8H,9H2,1H3. The predicted molar refractivity (Wildman–Crippen MR) is 89.0 cm³/mol. The van der Waals surface area contributed by atoms with Crippen molar-refractivity contribution in [1.29, 1.82) is 0 Å². The van der Waals surface area contributed by atoms with Crippen LogP contribution in [0.3, 0.4) is 0 Å². The largest absolute Gasteiger partial charge is 0.406 e. The third-order valence-corrected chi connectivity index (χ3v) is 4.17. The summed E-state index contributed by atoms with van der Waals surface area (Å²) in [5.74, 6) is -0.496. The Balaban J connectivity index is 1.98. The molecule has 0 spiro atoms. The fourth-order valence-corrected chi connectivity index (χ4v) is 2.95. The molecule has 8 heteroatoms. The van der Waals surface area contributed by atoms with E-state index in [1.54, 1.807) is 12.1 Å². The lowest BCUT2D eigenvalue weighted by atomic mass is 10.1. The molecule has 0 saturated carbocycles. The first-order valence-electron chi connectivity index (χ1n) is 7.76. The number of aryl methyl sites for hydroxylation is 1. The van der Waals surface area contributed by atoms with Gasteiger partial charge in [-0.25, -0.2) is 9.37 Å². The minimum atomic E-state index is -4.41. The van der Waals surface area contributed by atoms with Crippen molar-refractivity contribution in [1.82, 2.24) is 19.5 Å². The van der Waals surface area contributed by atoms with Crippen molar-refractivity contribution < 1.29 is 17.6 Å². The van der Waals surface area contributed by atoms with Gasteiger partial charge in [0.25, 0.3) is 0 Å². The summed E-state index contributed by atoms with van der Waals surface area (Å²) in [6, 6.07) is 6.11. The number of alkyl halides is 3. The van der Waals surface area contributed by atoms with Gasteiger partial charge in [0, 0.05) is 34.9 Å². The smallest absolute Gasteiger partial charge is 0.316 e. The molecule has 0 radical (unpaired) electrons. The molecule has 0 saturated heterocycles. The van der Waals surface area contributed by atoms with E-state index in [1.807, 2.05) is 0 Å². The van der Waals surface area contributed by atoms with Gasteiger partial charge in [0.1, 0.15) is 18.0 Å². The SMILES string of the molecule is Cc1ncc(-c2ccc3c4cnccc4n(CC(F)(F)F)c3n2)cc1F. The third-order valence-electron chi connectivity index (χ3n) is 4.17. The maximum absolute atomic E-state index is 13.8. The molecular weight excluding hydrogens is 348 g/mol. The van der Waals surface area contributed by atoms with Crippen molar-refractivity contribution >= 4 is 21.9 Å². The minimum absolute atomic E-state index is 0.170. The number of hydrogen-bond acceptors (Lipinski definition) is 3. The van der Waals surface area contributed by atoms with Crippen LogP contribution in [0.5, 0.6) is 0 Å². The van der Waals surface area contributed by atoms with Crippen LogP contribution in [0, 0.1) is 12.7 Å². The molecule has 0 atom stereocenters. The van der Waals surface area contributed by atoms with Gasteiger partial charge in [-0.05, 0) is 31.2 Å². The van der Waals surface area contributed by atoms with Crippen molar-refractivity contribution in [2.75, 3.05) is 0 Å². The molecule has 0 aliphatic carbocycles. The molecule has 0 amide bonds. The number of hydrogen-bond donors (Lipinski definition) is 0. The Hall–Kier alpha value is -3.03. The van der Waals surface area contributed by atoms with E-state index in [0.29, 0.717) is 27.5 Å². The fraction of sp³-hybridized carbons (Fsp3) is 0.167. The molecule has 4 rings (SSSR count). The van der Waals surface area contributed by atoms with Crippen LogP contribution in [0.1, 0.15) is 5.69 Å². The van der Waals surface area contributed by atoms with Crippen molar-refractivity contribution in [3.8, 4) is 11.3 Å². The lowest BCUT2D eigenvalue weighted by molar-refractivity contribution is -0.139. The van der Waals surface area contributed by atoms with Gasteiger partial charge in [0.05, 0.1) is 16.9 Å². The van der Waals surface area contributed by atoms with Gasteiger partial charge >= 0.3 is 6.18 Å². The Labute approximate surface area is 145 Å². The molecule has 26 heavy (non-hydrogen) atoms. The van der Waals surface area contributed by atoms with Crippen LogP contribution < -0.4 is 0 Å². The number of nitrogens with zero attached hydrogens (tertiary/aromatic N) is 4. The average Bonchev–Trinajstić information content (AvgIpc) is 2.90. The maximum atomic E-state index is 13.8. The van der Waals surface area contributed by atoms with Gasteiger partial charge in [-0.15, -0.1) is 0 Å². The first-order chi connectivity index (χ1) is 12.3. The molecule has 0 fully saturated rings. The van der Waals surface area contributed by atoms with Gasteiger partial charge in [0.2, 0.25) is 0 Å². The topological polar surface area (TPSA) is 43.6 Å². The highest BCUT2D eigenvalue weighted by Crippen LogP contribution is 2.32. The second-order valence-electron chi connectivity index (χ2n) is 5.95. The van der Waals surface area contributed by atoms with E-state index in [4.69, 9.17) is 0 Å². The first-order valence-corrected chi connectivity index (χ1v) is 7.76. The van der Waals surface area contributed by atoms with Crippen molar-refractivity contribution in [3.63, 3.8) is 0 Å². The number of fused-ring (bicyclic) bond motifs is 3. The molecule has 0 aromatic carbocycles. The number of aromatic nitrogens is 4. The Bertz CT molecular complexity index is 1130. The van der Waals surface area contributed by atoms with Crippen LogP contribution in [0.15, 0.2) is 42.9 Å². The Morgan fingerprint density at radius 1 is 1.08 bits per heavy atom. The third kappa shape index (κ3) is 2.77. The maximum Gasteiger partial charge on any atom is 0.406 e. The molecule has 4 aromatic heterocycles. The average molecular weight is 360 g/mol. The highest BCUT2D eigenvalue weighted by atomic mass is 19.4. The summed E-state index contributed by atoms with van der Waals surface area (Å²) in [6.07, 6.45) is -0.00446. The fourth-order valence-electron chi connectivity index (χ4n) is 2.95. The zero-order chi connectivity index (χ0) is 18.5. The number of halogens is 4. The summed E-state index contributed by atoms with van der Waals surface area (Å²) in [7, 11) is 0. The summed E-state index contributed by atoms with van der Waals surface area (Å²) < 4.78 is 54.1. The van der Waals surface area contributed by atoms with Gasteiger partial charge in [-0.1, -0.05) is 0 Å². The Morgan fingerprint density at radius 3 is 2.62 bits per heavy atom. The summed E-state index contributed by atoms with van der Waals surface area (Å²) >= 11 is 0. The number of rotatable bonds is 2. The molecular formula is C18H12F4N4. The second-order valence-corrected chi connectivity index (χ2v) is 5.95. The molecule has 0 bridgehead atoms. The number of pyridine rings is 3. The van der Waals surface area contributed by atoms with Crippen LogP contribution in [0.4, 0.5) is 17.6 Å². The van der Waals surface area contributed by atoms with E-state index in [9.17, 15) is 17.6 Å². The van der Waals surface area contributed by atoms with Gasteiger partial charge in [0.15, 0.2) is 0 Å². The summed E-state index contributed by atoms with van der Waals surface area (Å²) in [6.45, 7) is 0.359. The van der Waals surface area contributed by atoms with Crippen molar-refractivity contribution in [2.45, 2.75) is 19.6 Å². The highest BCUT2D eigenvalue weighted by molar-refractivity contribution is 6.06. The summed E-state index contributed by atoms with van der Waals surface area (Å²) in [5.41, 5.74) is 1.56. The minimum Gasteiger partial charge on any atom is -0.316 e. The monoisotopic (exact) mass is 360 g/mol. The van der Waals surface area contributed by atoms with E-state index in [0.717, 1.165) is 4.57 Å². The Morgan fingerprint density at radius 2 is 1.88 bits per heavy atom. The summed E-state index contributed by atoms with van der Waals surface area (Å²) in [4.78, 5) is 12.3. The molecule has 0 aliphatic heterocycles. The quantitative estimate of drug-likeness (QED) is 0.489. The lowest BCUT2D eigenvalue weighted by Crippen LogP contribution is -2.17. The van der Waals surface area contributed by atoms with E-state index in [1.165, 1.54) is 37.6 Å². The van der Waals surface area contributed by atoms with Crippen LogP contribution in [-0.2, 0) is 6.54 Å². The van der Waals surface area contributed by atoms with E-state index in [2.05, 4.69) is 15.0 Å². The molecule has 4 heterocycles. The second kappa shape index (κ2) is 5.76. The van der Waals surface area contributed by atoms with Crippen LogP contribution in [-0.4, -0.2) is 25.7 Å². The van der Waals surface area contributed by atoms with Crippen molar-refractivity contribution in [3.05, 3.63) is 54.4 Å². The van der Waals surface area contributed by atoms with E-state index < -0.39 is 18.5 Å². The highest BCUT2D eigenvalue weighted by Gasteiger charge is 2.30. The van der Waals surface area contributed by atoms with E-state index in [-0.39, 0.29) is 11.3 Å². The molecule has 0 aliphatic rings. The van der Waals surface area contributed by atoms with Gasteiger partial charge < -0.3 is 4.57 Å². The normalized spacial score (nSPS) is 12.2. The zero-order valence-corrected chi connectivity index (χ0v) is 13.5. The van der Waals surface area contributed by atoms with Gasteiger partial charge in [-0.3, -0.25) is 9.97 Å². The van der Waals surface area contributed by atoms with Crippen LogP contribution in [0.25, 0.3) is 33.2 Å². The van der Waals surface area contributed by atoms with Gasteiger partial charge in [-0.2, -0.15) is 13.2 Å². The van der Waals surface area contributed by atoms with E-state index >= 15 is 0 Å². The molecule has 0 N–H and O–H groups in total. The predicted octanol–water partition coefficient (Wildman–Crippen LogP) is 4.66. The van der Waals surface area contributed by atoms with Crippen LogP contribution in [0.2, 0.25) is 0 Å². The molecule has 0 unspecified atom stereocenters. The zero-order valence-electron chi connectivity index (χ0n) is 13.5. The molecule has 132 valence electrons. The molecule has 4 aromatic rings. The van der Waals surface area contributed by atoms with Crippen LogP contribution >= 0.6 is 0 Å². The summed E-state index contributed by atoms with van der Waals surface area (Å²) in [5, 5.41) is 1.14. The lowest BCUT2D eigenvalue weighted by Gasteiger charge is -2.10. The van der Waals surface area contributed by atoms with Crippen molar-refractivity contribution in [2.24, 2.45) is 0 Å².